The summed E-state index contributed by atoms with van der Waals surface area (Å²) in [6.45, 7) is 2.74. The number of anilines is 1. The highest BCUT2D eigenvalue weighted by molar-refractivity contribution is 5.51. The molecule has 0 aliphatic heterocycles. The molecule has 0 unspecified atom stereocenters. The molecule has 1 N–H and O–H groups in total. The van der Waals surface area contributed by atoms with Gasteiger partial charge < -0.3 is 14.7 Å². The van der Waals surface area contributed by atoms with E-state index >= 15 is 0 Å². The summed E-state index contributed by atoms with van der Waals surface area (Å²) in [5, 5.41) is 10.1. The molecule has 0 aromatic heterocycles. The molecular weight excluding hydrogens is 257 g/mol. The molecule has 0 saturated heterocycles. The Hall–Kier alpha value is -2.23. The van der Waals surface area contributed by atoms with E-state index in [0.717, 1.165) is 0 Å². The first-order chi connectivity index (χ1) is 9.63. The molecule has 2 aromatic carbocycles. The van der Waals surface area contributed by atoms with Gasteiger partial charge in [-0.05, 0) is 25.1 Å². The van der Waals surface area contributed by atoms with E-state index in [4.69, 9.17) is 4.74 Å². The fraction of sp³-hybridized carbons (Fsp3) is 0.250. The van der Waals surface area contributed by atoms with E-state index in [0.29, 0.717) is 30.2 Å². The van der Waals surface area contributed by atoms with Crippen molar-refractivity contribution in [3.05, 3.63) is 53.8 Å². The molecule has 0 saturated carbocycles. The second-order valence-corrected chi connectivity index (χ2v) is 4.50. The minimum absolute atomic E-state index is 0.109. The Bertz CT molecular complexity index is 586. The Morgan fingerprint density at radius 1 is 1.15 bits per heavy atom. The van der Waals surface area contributed by atoms with Crippen LogP contribution in [0.5, 0.6) is 11.5 Å². The van der Waals surface area contributed by atoms with Gasteiger partial charge in [-0.2, -0.15) is 0 Å². The first-order valence-electron chi connectivity index (χ1n) is 6.52. The average Bonchev–Trinajstić information content (AvgIpc) is 2.44. The lowest BCUT2D eigenvalue weighted by atomic mass is 10.1. The van der Waals surface area contributed by atoms with E-state index in [2.05, 4.69) is 0 Å². The van der Waals surface area contributed by atoms with E-state index < -0.39 is 0 Å². The third kappa shape index (κ3) is 3.02. The van der Waals surface area contributed by atoms with Crippen molar-refractivity contribution >= 4 is 5.69 Å². The molecule has 0 radical (unpaired) electrons. The van der Waals surface area contributed by atoms with E-state index in [9.17, 15) is 9.50 Å². The van der Waals surface area contributed by atoms with Crippen LogP contribution in [0, 0.1) is 5.82 Å². The van der Waals surface area contributed by atoms with Gasteiger partial charge in [-0.3, -0.25) is 0 Å². The number of benzene rings is 2. The van der Waals surface area contributed by atoms with Crippen LogP contribution in [-0.4, -0.2) is 18.8 Å². The molecule has 0 bridgehead atoms. The summed E-state index contributed by atoms with van der Waals surface area (Å²) >= 11 is 0. The quantitative estimate of drug-likeness (QED) is 0.905. The third-order valence-electron chi connectivity index (χ3n) is 3.05. The topological polar surface area (TPSA) is 32.7 Å². The smallest absolute Gasteiger partial charge is 0.162 e. The highest BCUT2D eigenvalue weighted by atomic mass is 19.1. The number of nitrogens with zero attached hydrogens (tertiary/aromatic N) is 1. The second-order valence-electron chi connectivity index (χ2n) is 4.50. The lowest BCUT2D eigenvalue weighted by Crippen LogP contribution is -2.17. The maximum absolute atomic E-state index is 13.7. The van der Waals surface area contributed by atoms with Gasteiger partial charge in [-0.1, -0.05) is 24.3 Å². The van der Waals surface area contributed by atoms with Crippen LogP contribution >= 0.6 is 0 Å². The fourth-order valence-corrected chi connectivity index (χ4v) is 2.07. The van der Waals surface area contributed by atoms with Crippen molar-refractivity contribution in [2.45, 2.75) is 13.5 Å². The lowest BCUT2D eigenvalue weighted by Gasteiger charge is -2.21. The van der Waals surface area contributed by atoms with Crippen LogP contribution in [0.2, 0.25) is 0 Å². The zero-order valence-electron chi connectivity index (χ0n) is 11.6. The number of halogens is 1. The van der Waals surface area contributed by atoms with Crippen molar-refractivity contribution in [3.63, 3.8) is 0 Å². The Balaban J connectivity index is 2.22. The van der Waals surface area contributed by atoms with Gasteiger partial charge in [0.05, 0.1) is 12.3 Å². The Kier molecular flexibility index (Phi) is 4.45. The van der Waals surface area contributed by atoms with Crippen LogP contribution in [-0.2, 0) is 6.54 Å². The van der Waals surface area contributed by atoms with E-state index in [1.165, 1.54) is 6.07 Å². The van der Waals surface area contributed by atoms with Crippen LogP contribution in [0.25, 0.3) is 0 Å². The van der Waals surface area contributed by atoms with Crippen molar-refractivity contribution in [2.75, 3.05) is 18.6 Å². The van der Waals surface area contributed by atoms with E-state index in [-0.39, 0.29) is 11.6 Å². The number of phenolic OH excluding ortho intramolecular Hbond substituents is 1. The first kappa shape index (κ1) is 14.2. The summed E-state index contributed by atoms with van der Waals surface area (Å²) < 4.78 is 19.1. The lowest BCUT2D eigenvalue weighted by molar-refractivity contribution is 0.316. The third-order valence-corrected chi connectivity index (χ3v) is 3.05. The molecule has 0 aliphatic carbocycles. The molecule has 3 nitrogen and oxygen atoms in total. The van der Waals surface area contributed by atoms with Gasteiger partial charge in [0.1, 0.15) is 5.82 Å². The van der Waals surface area contributed by atoms with Gasteiger partial charge in [-0.25, -0.2) is 4.39 Å². The molecule has 2 rings (SSSR count). The molecule has 0 amide bonds. The van der Waals surface area contributed by atoms with Gasteiger partial charge in [0, 0.05) is 19.2 Å². The Labute approximate surface area is 118 Å². The van der Waals surface area contributed by atoms with Gasteiger partial charge >= 0.3 is 0 Å². The van der Waals surface area contributed by atoms with Gasteiger partial charge in [-0.15, -0.1) is 0 Å². The number of ether oxygens (including phenoxy) is 1. The molecule has 0 atom stereocenters. The largest absolute Gasteiger partial charge is 0.504 e. The predicted octanol–water partition coefficient (Wildman–Crippen LogP) is 3.57. The number of hydrogen-bond acceptors (Lipinski definition) is 3. The van der Waals surface area contributed by atoms with Gasteiger partial charge in [0.25, 0.3) is 0 Å². The first-order valence-corrected chi connectivity index (χ1v) is 6.52. The monoisotopic (exact) mass is 275 g/mol. The van der Waals surface area contributed by atoms with Crippen molar-refractivity contribution in [1.82, 2.24) is 0 Å². The standard InChI is InChI=1S/C16H18FNO2/c1-3-20-15-10-6-7-12(16(15)19)11-18(2)14-9-5-4-8-13(14)17/h4-10,19H,3,11H2,1-2H3. The predicted molar refractivity (Wildman–Crippen MR) is 77.8 cm³/mol. The fourth-order valence-electron chi connectivity index (χ4n) is 2.07. The number of aromatic hydroxyl groups is 1. The molecule has 0 fully saturated rings. The van der Waals surface area contributed by atoms with Crippen LogP contribution in [0.4, 0.5) is 10.1 Å². The molecule has 4 heteroatoms. The van der Waals surface area contributed by atoms with E-state index in [1.54, 1.807) is 42.3 Å². The number of hydrogen-bond donors (Lipinski definition) is 1. The zero-order chi connectivity index (χ0) is 14.5. The summed E-state index contributed by atoms with van der Waals surface area (Å²) in [5.74, 6) is 0.278. The normalized spacial score (nSPS) is 10.3. The molecule has 0 heterocycles. The van der Waals surface area contributed by atoms with Crippen LogP contribution < -0.4 is 9.64 Å². The molecule has 20 heavy (non-hydrogen) atoms. The second kappa shape index (κ2) is 6.28. The van der Waals surface area contributed by atoms with Crippen molar-refractivity contribution in [2.24, 2.45) is 0 Å². The van der Waals surface area contributed by atoms with Gasteiger partial charge in [0.2, 0.25) is 0 Å². The summed E-state index contributed by atoms with van der Waals surface area (Å²) in [7, 11) is 1.78. The highest BCUT2D eigenvalue weighted by Crippen LogP contribution is 2.31. The number of rotatable bonds is 5. The molecule has 2 aromatic rings. The Morgan fingerprint density at radius 2 is 1.90 bits per heavy atom. The summed E-state index contributed by atoms with van der Waals surface area (Å²) in [5.41, 5.74) is 1.19. The Morgan fingerprint density at radius 3 is 2.60 bits per heavy atom. The van der Waals surface area contributed by atoms with Crippen LogP contribution in [0.1, 0.15) is 12.5 Å². The SMILES string of the molecule is CCOc1cccc(CN(C)c2ccccc2F)c1O. The van der Waals surface area contributed by atoms with Gasteiger partial charge in [0.15, 0.2) is 11.5 Å². The molecule has 0 aliphatic rings. The molecular formula is C16H18FNO2. The molecule has 0 spiro atoms. The summed E-state index contributed by atoms with van der Waals surface area (Å²) in [4.78, 5) is 1.75. The zero-order valence-corrected chi connectivity index (χ0v) is 11.6. The maximum Gasteiger partial charge on any atom is 0.162 e. The maximum atomic E-state index is 13.7. The van der Waals surface area contributed by atoms with Crippen LogP contribution in [0.15, 0.2) is 42.5 Å². The minimum Gasteiger partial charge on any atom is -0.504 e. The number of para-hydroxylation sites is 2. The average molecular weight is 275 g/mol. The summed E-state index contributed by atoms with van der Waals surface area (Å²) in [6, 6.07) is 11.9. The van der Waals surface area contributed by atoms with Crippen molar-refractivity contribution < 1.29 is 14.2 Å². The molecule has 106 valence electrons. The van der Waals surface area contributed by atoms with Crippen molar-refractivity contribution in [3.8, 4) is 11.5 Å². The van der Waals surface area contributed by atoms with Crippen molar-refractivity contribution in [1.29, 1.82) is 0 Å². The summed E-state index contributed by atoms with van der Waals surface area (Å²) in [6.07, 6.45) is 0. The number of phenols is 1. The van der Waals surface area contributed by atoms with E-state index in [1.807, 2.05) is 13.0 Å². The van der Waals surface area contributed by atoms with Crippen LogP contribution in [0.3, 0.4) is 0 Å². The highest BCUT2D eigenvalue weighted by Gasteiger charge is 2.12. The minimum atomic E-state index is -0.282.